The molecule has 0 heterocycles. The standard InChI is InChI=1S/C46H82O6/c1-4-7-10-13-16-19-22-23-24-25-28-30-33-36-39-45(48)51-42-43(52-46(49)40-37-34-31-27-21-18-15-12-9-6-3)41-50-44(47)38-35-32-29-26-20-17-14-11-8-5-2/h12-13,15-16,22-23,43H,4-11,14,17-21,24-42H2,1-3H3/b15-12-,16-13-,23-22-. The van der Waals surface area contributed by atoms with Gasteiger partial charge in [0.15, 0.2) is 6.10 Å². The van der Waals surface area contributed by atoms with E-state index in [2.05, 4.69) is 57.2 Å². The maximum Gasteiger partial charge on any atom is 0.306 e. The van der Waals surface area contributed by atoms with Gasteiger partial charge in [-0.25, -0.2) is 0 Å². The molecule has 1 unspecified atom stereocenters. The summed E-state index contributed by atoms with van der Waals surface area (Å²) >= 11 is 0. The second kappa shape index (κ2) is 41.4. The molecule has 0 rings (SSSR count). The molecule has 0 N–H and O–H groups in total. The molecule has 0 radical (unpaired) electrons. The zero-order chi connectivity index (χ0) is 38.0. The van der Waals surface area contributed by atoms with Gasteiger partial charge in [-0.15, -0.1) is 0 Å². The Balaban J connectivity index is 4.38. The van der Waals surface area contributed by atoms with Crippen molar-refractivity contribution >= 4 is 17.9 Å². The van der Waals surface area contributed by atoms with Crippen molar-refractivity contribution in [2.45, 2.75) is 226 Å². The van der Waals surface area contributed by atoms with Crippen LogP contribution >= 0.6 is 0 Å². The number of carbonyl (C=O) groups is 3. The number of unbranched alkanes of at least 4 members (excludes halogenated alkanes) is 22. The largest absolute Gasteiger partial charge is 0.462 e. The summed E-state index contributed by atoms with van der Waals surface area (Å²) in [5.41, 5.74) is 0. The lowest BCUT2D eigenvalue weighted by Gasteiger charge is -2.18. The van der Waals surface area contributed by atoms with Gasteiger partial charge in [-0.05, 0) is 64.2 Å². The van der Waals surface area contributed by atoms with Crippen molar-refractivity contribution in [3.8, 4) is 0 Å². The van der Waals surface area contributed by atoms with Crippen molar-refractivity contribution in [2.75, 3.05) is 13.2 Å². The smallest absolute Gasteiger partial charge is 0.306 e. The van der Waals surface area contributed by atoms with Crippen LogP contribution in [-0.4, -0.2) is 37.2 Å². The van der Waals surface area contributed by atoms with Crippen LogP contribution in [0.15, 0.2) is 36.5 Å². The highest BCUT2D eigenvalue weighted by molar-refractivity contribution is 5.71. The van der Waals surface area contributed by atoms with Crippen molar-refractivity contribution < 1.29 is 28.6 Å². The molecule has 0 aliphatic heterocycles. The predicted octanol–water partition coefficient (Wildman–Crippen LogP) is 13.8. The van der Waals surface area contributed by atoms with Crippen LogP contribution in [0.5, 0.6) is 0 Å². The van der Waals surface area contributed by atoms with Gasteiger partial charge in [0, 0.05) is 19.3 Å². The molecule has 6 heteroatoms. The Morgan fingerprint density at radius 3 is 1.21 bits per heavy atom. The summed E-state index contributed by atoms with van der Waals surface area (Å²) in [6, 6.07) is 0. The molecule has 0 amide bonds. The van der Waals surface area contributed by atoms with E-state index in [4.69, 9.17) is 14.2 Å². The van der Waals surface area contributed by atoms with Gasteiger partial charge in [0.1, 0.15) is 13.2 Å². The van der Waals surface area contributed by atoms with E-state index in [0.717, 1.165) is 96.3 Å². The molecule has 0 aromatic carbocycles. The molecule has 302 valence electrons. The summed E-state index contributed by atoms with van der Waals surface area (Å²) in [4.78, 5) is 37.6. The Labute approximate surface area is 321 Å². The number of ether oxygens (including phenoxy) is 3. The average Bonchev–Trinajstić information content (AvgIpc) is 3.14. The Kier molecular flexibility index (Phi) is 39.5. The van der Waals surface area contributed by atoms with E-state index in [1.807, 2.05) is 0 Å². The van der Waals surface area contributed by atoms with Gasteiger partial charge in [0.2, 0.25) is 0 Å². The summed E-state index contributed by atoms with van der Waals surface area (Å²) in [6.45, 7) is 6.49. The minimum Gasteiger partial charge on any atom is -0.462 e. The lowest BCUT2D eigenvalue weighted by Crippen LogP contribution is -2.30. The Morgan fingerprint density at radius 2 is 0.750 bits per heavy atom. The van der Waals surface area contributed by atoms with Crippen LogP contribution in [0, 0.1) is 0 Å². The Hall–Kier alpha value is -2.37. The molecular weight excluding hydrogens is 649 g/mol. The van der Waals surface area contributed by atoms with E-state index in [1.54, 1.807) is 0 Å². The van der Waals surface area contributed by atoms with E-state index < -0.39 is 6.10 Å². The molecule has 0 bridgehead atoms. The van der Waals surface area contributed by atoms with E-state index in [0.29, 0.717) is 19.3 Å². The number of rotatable bonds is 39. The van der Waals surface area contributed by atoms with Crippen LogP contribution in [0.2, 0.25) is 0 Å². The minimum atomic E-state index is -0.775. The molecule has 0 aromatic heterocycles. The van der Waals surface area contributed by atoms with Crippen LogP contribution in [-0.2, 0) is 28.6 Å². The maximum absolute atomic E-state index is 12.6. The Bertz CT molecular complexity index is 891. The fraction of sp³-hybridized carbons (Fsp3) is 0.804. The van der Waals surface area contributed by atoms with Gasteiger partial charge in [0.05, 0.1) is 0 Å². The summed E-state index contributed by atoms with van der Waals surface area (Å²) in [6.07, 6.45) is 45.5. The normalized spacial score (nSPS) is 12.3. The highest BCUT2D eigenvalue weighted by Crippen LogP contribution is 2.14. The molecule has 0 aromatic rings. The highest BCUT2D eigenvalue weighted by atomic mass is 16.6. The lowest BCUT2D eigenvalue weighted by molar-refractivity contribution is -0.167. The highest BCUT2D eigenvalue weighted by Gasteiger charge is 2.19. The van der Waals surface area contributed by atoms with Gasteiger partial charge in [0.25, 0.3) is 0 Å². The van der Waals surface area contributed by atoms with Gasteiger partial charge in [-0.2, -0.15) is 0 Å². The maximum atomic E-state index is 12.6. The molecule has 52 heavy (non-hydrogen) atoms. The summed E-state index contributed by atoms with van der Waals surface area (Å²) in [5, 5.41) is 0. The molecule has 0 spiro atoms. The number of hydrogen-bond donors (Lipinski definition) is 0. The molecule has 0 fully saturated rings. The second-order valence-corrected chi connectivity index (χ2v) is 14.6. The third-order valence-corrected chi connectivity index (χ3v) is 9.35. The predicted molar refractivity (Wildman–Crippen MR) is 219 cm³/mol. The number of hydrogen-bond acceptors (Lipinski definition) is 6. The van der Waals surface area contributed by atoms with Gasteiger partial charge in [-0.1, -0.05) is 173 Å². The van der Waals surface area contributed by atoms with Crippen molar-refractivity contribution in [2.24, 2.45) is 0 Å². The summed E-state index contributed by atoms with van der Waals surface area (Å²) < 4.78 is 16.6. The van der Waals surface area contributed by atoms with E-state index in [9.17, 15) is 14.4 Å². The molecule has 1 atom stereocenters. The monoisotopic (exact) mass is 731 g/mol. The van der Waals surface area contributed by atoms with Crippen molar-refractivity contribution in [1.82, 2.24) is 0 Å². The van der Waals surface area contributed by atoms with Crippen LogP contribution in [0.3, 0.4) is 0 Å². The first-order chi connectivity index (χ1) is 25.5. The molecule has 0 aliphatic rings. The zero-order valence-corrected chi connectivity index (χ0v) is 34.3. The van der Waals surface area contributed by atoms with Crippen LogP contribution in [0.1, 0.15) is 220 Å². The SMILES string of the molecule is CCC/C=C\CCCCCCCC(=O)OC(COC(=O)CCCCCCC/C=C\C/C=C\CCCC)COC(=O)CCCCCCCCCCCC. The molecule has 0 saturated carbocycles. The molecular formula is C46H82O6. The van der Waals surface area contributed by atoms with Gasteiger partial charge in [-0.3, -0.25) is 14.4 Å². The van der Waals surface area contributed by atoms with E-state index >= 15 is 0 Å². The number of carbonyl (C=O) groups excluding carboxylic acids is 3. The summed E-state index contributed by atoms with van der Waals surface area (Å²) in [5.74, 6) is -0.906. The van der Waals surface area contributed by atoms with Gasteiger partial charge < -0.3 is 14.2 Å². The van der Waals surface area contributed by atoms with Crippen molar-refractivity contribution in [3.05, 3.63) is 36.5 Å². The lowest BCUT2D eigenvalue weighted by atomic mass is 10.1. The second-order valence-electron chi connectivity index (χ2n) is 14.6. The third-order valence-electron chi connectivity index (χ3n) is 9.35. The van der Waals surface area contributed by atoms with Gasteiger partial charge >= 0.3 is 17.9 Å². The first kappa shape index (κ1) is 49.6. The zero-order valence-electron chi connectivity index (χ0n) is 34.3. The number of allylic oxidation sites excluding steroid dienone is 6. The van der Waals surface area contributed by atoms with Crippen LogP contribution in [0.25, 0.3) is 0 Å². The molecule has 0 aliphatic carbocycles. The van der Waals surface area contributed by atoms with E-state index in [1.165, 1.54) is 83.5 Å². The summed E-state index contributed by atoms with van der Waals surface area (Å²) in [7, 11) is 0. The fourth-order valence-corrected chi connectivity index (χ4v) is 5.99. The van der Waals surface area contributed by atoms with Crippen LogP contribution in [0.4, 0.5) is 0 Å². The topological polar surface area (TPSA) is 78.9 Å². The fourth-order valence-electron chi connectivity index (χ4n) is 5.99. The Morgan fingerprint density at radius 1 is 0.385 bits per heavy atom. The third kappa shape index (κ3) is 38.9. The number of esters is 3. The average molecular weight is 731 g/mol. The molecule has 6 nitrogen and oxygen atoms in total. The first-order valence-corrected chi connectivity index (χ1v) is 22.0. The van der Waals surface area contributed by atoms with E-state index in [-0.39, 0.29) is 31.1 Å². The minimum absolute atomic E-state index is 0.0786. The van der Waals surface area contributed by atoms with Crippen molar-refractivity contribution in [3.63, 3.8) is 0 Å². The quantitative estimate of drug-likeness (QED) is 0.0271. The van der Waals surface area contributed by atoms with Crippen molar-refractivity contribution in [1.29, 1.82) is 0 Å². The van der Waals surface area contributed by atoms with Crippen LogP contribution < -0.4 is 0 Å². The first-order valence-electron chi connectivity index (χ1n) is 22.0. The molecule has 0 saturated heterocycles.